The van der Waals surface area contributed by atoms with Crippen molar-refractivity contribution >= 4 is 11.9 Å². The lowest BCUT2D eigenvalue weighted by molar-refractivity contribution is -0.143. The summed E-state index contributed by atoms with van der Waals surface area (Å²) in [5.41, 5.74) is 0. The van der Waals surface area contributed by atoms with Crippen LogP contribution < -0.4 is 5.32 Å². The van der Waals surface area contributed by atoms with Crippen molar-refractivity contribution in [1.29, 1.82) is 0 Å². The first kappa shape index (κ1) is 59.3. The third kappa shape index (κ3) is 47.7. The van der Waals surface area contributed by atoms with Crippen LogP contribution in [0.3, 0.4) is 0 Å². The van der Waals surface area contributed by atoms with Gasteiger partial charge in [0.05, 0.1) is 25.4 Å². The monoisotopic (exact) mass is 860 g/mol. The Bertz CT molecular complexity index is 951. The predicted octanol–water partition coefficient (Wildman–Crippen LogP) is 16.3. The second-order valence-corrected chi connectivity index (χ2v) is 18.6. The smallest absolute Gasteiger partial charge is 0.305 e. The molecule has 61 heavy (non-hydrogen) atoms. The van der Waals surface area contributed by atoms with E-state index in [0.29, 0.717) is 25.9 Å². The summed E-state index contributed by atoms with van der Waals surface area (Å²) in [6.45, 7) is 4.90. The molecular weight excluding hydrogens is 755 g/mol. The highest BCUT2D eigenvalue weighted by atomic mass is 16.5. The van der Waals surface area contributed by atoms with Crippen LogP contribution in [-0.4, -0.2) is 47.4 Å². The molecule has 0 saturated carbocycles. The van der Waals surface area contributed by atoms with E-state index in [4.69, 9.17) is 4.74 Å². The summed E-state index contributed by atoms with van der Waals surface area (Å²) in [4.78, 5) is 24.5. The number of allylic oxidation sites excluding steroid dienone is 4. The van der Waals surface area contributed by atoms with E-state index in [9.17, 15) is 19.8 Å². The lowest BCUT2D eigenvalue weighted by atomic mass is 10.0. The van der Waals surface area contributed by atoms with Gasteiger partial charge in [0.15, 0.2) is 0 Å². The summed E-state index contributed by atoms with van der Waals surface area (Å²) in [5.74, 6) is -0.0607. The SMILES string of the molecule is CCCCC/C=C\C/C=C\CCCCCCCCCC(=O)OCCCCCCCCCCCCCCCC(=O)NC(CO)C(O)CCCCCCCCCCCCCCCC. The van der Waals surface area contributed by atoms with Gasteiger partial charge in [0.2, 0.25) is 5.91 Å². The van der Waals surface area contributed by atoms with Crippen LogP contribution >= 0.6 is 0 Å². The average Bonchev–Trinajstić information content (AvgIpc) is 3.26. The zero-order valence-corrected chi connectivity index (χ0v) is 40.9. The van der Waals surface area contributed by atoms with E-state index in [0.717, 1.165) is 57.8 Å². The molecule has 6 heteroatoms. The lowest BCUT2D eigenvalue weighted by Crippen LogP contribution is -2.45. The molecule has 0 heterocycles. The number of hydrogen-bond acceptors (Lipinski definition) is 5. The van der Waals surface area contributed by atoms with E-state index < -0.39 is 12.1 Å². The summed E-state index contributed by atoms with van der Waals surface area (Å²) < 4.78 is 5.47. The first-order valence-electron chi connectivity index (χ1n) is 27.1. The van der Waals surface area contributed by atoms with Crippen LogP contribution in [0, 0.1) is 0 Å². The van der Waals surface area contributed by atoms with E-state index in [-0.39, 0.29) is 18.5 Å². The van der Waals surface area contributed by atoms with Crippen molar-refractivity contribution in [3.8, 4) is 0 Å². The minimum Gasteiger partial charge on any atom is -0.466 e. The highest BCUT2D eigenvalue weighted by Crippen LogP contribution is 2.17. The van der Waals surface area contributed by atoms with Gasteiger partial charge in [0, 0.05) is 12.8 Å². The van der Waals surface area contributed by atoms with Crippen molar-refractivity contribution < 1.29 is 24.5 Å². The maximum atomic E-state index is 12.5. The third-order valence-corrected chi connectivity index (χ3v) is 12.5. The molecule has 0 aliphatic heterocycles. The maximum Gasteiger partial charge on any atom is 0.305 e. The number of aliphatic hydroxyl groups excluding tert-OH is 2. The fraction of sp³-hybridized carbons (Fsp3) is 0.891. The number of aliphatic hydroxyl groups is 2. The number of amides is 1. The molecule has 0 rings (SSSR count). The Kier molecular flexibility index (Phi) is 49.6. The van der Waals surface area contributed by atoms with Gasteiger partial charge in [-0.2, -0.15) is 0 Å². The Morgan fingerprint density at radius 3 is 1.28 bits per heavy atom. The van der Waals surface area contributed by atoms with Crippen molar-refractivity contribution in [2.45, 2.75) is 302 Å². The third-order valence-electron chi connectivity index (χ3n) is 12.5. The number of ether oxygens (including phenoxy) is 1. The summed E-state index contributed by atoms with van der Waals surface area (Å²) >= 11 is 0. The van der Waals surface area contributed by atoms with Gasteiger partial charge in [0.25, 0.3) is 0 Å². The first-order valence-corrected chi connectivity index (χ1v) is 27.1. The van der Waals surface area contributed by atoms with Crippen LogP contribution in [0.4, 0.5) is 0 Å². The number of nitrogens with one attached hydrogen (secondary N) is 1. The van der Waals surface area contributed by atoms with Gasteiger partial charge in [0.1, 0.15) is 0 Å². The standard InChI is InChI=1S/C55H105NO5/c1-3-5-7-9-11-13-15-17-19-20-21-25-29-33-37-41-45-49-55(60)61-50-46-42-38-34-30-26-22-24-28-32-36-40-44-48-54(59)56-52(51-57)53(58)47-43-39-35-31-27-23-18-16-14-12-10-8-6-4-2/h11,13,17,19,52-53,57-58H,3-10,12,14-16,18,20-51H2,1-2H3,(H,56,59)/b13-11-,19-17-. The molecule has 360 valence electrons. The molecule has 0 radical (unpaired) electrons. The van der Waals surface area contributed by atoms with Crippen LogP contribution in [0.15, 0.2) is 24.3 Å². The molecule has 0 bridgehead atoms. The summed E-state index contributed by atoms with van der Waals surface area (Å²) in [7, 11) is 0. The molecule has 0 aromatic rings. The predicted molar refractivity (Wildman–Crippen MR) is 264 cm³/mol. The second kappa shape index (κ2) is 51.0. The van der Waals surface area contributed by atoms with Gasteiger partial charge in [-0.1, -0.05) is 244 Å². The van der Waals surface area contributed by atoms with Gasteiger partial charge in [-0.3, -0.25) is 9.59 Å². The zero-order chi connectivity index (χ0) is 44.4. The van der Waals surface area contributed by atoms with Crippen molar-refractivity contribution in [1.82, 2.24) is 5.32 Å². The summed E-state index contributed by atoms with van der Waals surface area (Å²) in [5, 5.41) is 23.2. The molecule has 0 spiro atoms. The molecule has 3 N–H and O–H groups in total. The number of unbranched alkanes of at least 4 members (excludes halogenated alkanes) is 35. The Labute approximate surface area is 380 Å². The second-order valence-electron chi connectivity index (χ2n) is 18.6. The van der Waals surface area contributed by atoms with Crippen molar-refractivity contribution in [3.63, 3.8) is 0 Å². The Morgan fingerprint density at radius 1 is 0.459 bits per heavy atom. The number of rotatable bonds is 50. The van der Waals surface area contributed by atoms with E-state index >= 15 is 0 Å². The number of carbonyl (C=O) groups excluding carboxylic acids is 2. The molecule has 2 unspecified atom stereocenters. The summed E-state index contributed by atoms with van der Waals surface area (Å²) in [6.07, 6.45) is 60.0. The van der Waals surface area contributed by atoms with E-state index in [1.807, 2.05) is 0 Å². The van der Waals surface area contributed by atoms with Crippen LogP contribution in [0.5, 0.6) is 0 Å². The van der Waals surface area contributed by atoms with Crippen LogP contribution in [0.2, 0.25) is 0 Å². The fourth-order valence-electron chi connectivity index (χ4n) is 8.32. The van der Waals surface area contributed by atoms with Gasteiger partial charge < -0.3 is 20.3 Å². The van der Waals surface area contributed by atoms with Crippen LogP contribution in [0.1, 0.15) is 290 Å². The lowest BCUT2D eigenvalue weighted by Gasteiger charge is -2.22. The molecular formula is C55H105NO5. The van der Waals surface area contributed by atoms with Gasteiger partial charge >= 0.3 is 5.97 Å². The maximum absolute atomic E-state index is 12.5. The quantitative estimate of drug-likeness (QED) is 0.0322. The molecule has 0 aliphatic rings. The topological polar surface area (TPSA) is 95.9 Å². The fourth-order valence-corrected chi connectivity index (χ4v) is 8.32. The largest absolute Gasteiger partial charge is 0.466 e. The van der Waals surface area contributed by atoms with E-state index in [1.54, 1.807) is 0 Å². The highest BCUT2D eigenvalue weighted by molar-refractivity contribution is 5.76. The Balaban J connectivity index is 3.44. The number of hydrogen-bond donors (Lipinski definition) is 3. The molecule has 1 amide bonds. The molecule has 0 aromatic heterocycles. The molecule has 6 nitrogen and oxygen atoms in total. The molecule has 2 atom stereocenters. The zero-order valence-electron chi connectivity index (χ0n) is 40.9. The van der Waals surface area contributed by atoms with Gasteiger partial charge in [-0.15, -0.1) is 0 Å². The molecule has 0 saturated heterocycles. The molecule has 0 fully saturated rings. The Hall–Kier alpha value is -1.66. The summed E-state index contributed by atoms with van der Waals surface area (Å²) in [6, 6.07) is -0.551. The first-order chi connectivity index (χ1) is 30.0. The van der Waals surface area contributed by atoms with Crippen molar-refractivity contribution in [3.05, 3.63) is 24.3 Å². The molecule has 0 aromatic carbocycles. The van der Waals surface area contributed by atoms with Gasteiger partial charge in [-0.05, 0) is 57.8 Å². The molecule has 0 aliphatic carbocycles. The van der Waals surface area contributed by atoms with E-state index in [1.165, 1.54) is 199 Å². The van der Waals surface area contributed by atoms with Crippen LogP contribution in [0.25, 0.3) is 0 Å². The average molecular weight is 860 g/mol. The van der Waals surface area contributed by atoms with Crippen molar-refractivity contribution in [2.75, 3.05) is 13.2 Å². The normalized spacial score (nSPS) is 12.8. The van der Waals surface area contributed by atoms with Gasteiger partial charge in [-0.25, -0.2) is 0 Å². The highest BCUT2D eigenvalue weighted by Gasteiger charge is 2.20. The van der Waals surface area contributed by atoms with Crippen LogP contribution in [-0.2, 0) is 14.3 Å². The minimum absolute atomic E-state index is 0.0130. The Morgan fingerprint density at radius 2 is 0.820 bits per heavy atom. The van der Waals surface area contributed by atoms with E-state index in [2.05, 4.69) is 43.5 Å². The number of carbonyl (C=O) groups is 2. The number of esters is 1. The van der Waals surface area contributed by atoms with Crippen molar-refractivity contribution in [2.24, 2.45) is 0 Å². The minimum atomic E-state index is -0.672.